The van der Waals surface area contributed by atoms with Crippen molar-refractivity contribution in [1.29, 1.82) is 0 Å². The Kier molecular flexibility index (Phi) is 28.3. The molecule has 0 radical (unpaired) electrons. The van der Waals surface area contributed by atoms with E-state index in [0.29, 0.717) is 0 Å². The normalized spacial score (nSPS) is 12.3. The predicted molar refractivity (Wildman–Crippen MR) is 152 cm³/mol. The second-order valence-electron chi connectivity index (χ2n) is 11.1. The Labute approximate surface area is 215 Å². The van der Waals surface area contributed by atoms with Gasteiger partial charge in [-0.15, -0.1) is 0 Å². The van der Waals surface area contributed by atoms with E-state index in [9.17, 15) is 9.90 Å². The highest BCUT2D eigenvalue weighted by molar-refractivity contribution is 5.69. The van der Waals surface area contributed by atoms with Gasteiger partial charge in [0.05, 0.1) is 5.92 Å². The minimum atomic E-state index is -0.581. The molecule has 0 aromatic carbocycles. The Morgan fingerprint density at radius 2 is 0.647 bits per heavy atom. The number of carboxylic acid groups (broad SMARTS) is 1. The van der Waals surface area contributed by atoms with Crippen LogP contribution in [0.5, 0.6) is 0 Å². The molecule has 204 valence electrons. The molecule has 2 nitrogen and oxygen atoms in total. The van der Waals surface area contributed by atoms with E-state index in [4.69, 9.17) is 0 Å². The zero-order valence-corrected chi connectivity index (χ0v) is 23.7. The van der Waals surface area contributed by atoms with Gasteiger partial charge in [0.1, 0.15) is 0 Å². The van der Waals surface area contributed by atoms with Crippen molar-refractivity contribution in [3.8, 4) is 0 Å². The number of unbranched alkanes of at least 4 members (excludes halogenated alkanes) is 24. The first kappa shape index (κ1) is 33.5. The van der Waals surface area contributed by atoms with Crippen molar-refractivity contribution >= 4 is 5.97 Å². The molecule has 2 heteroatoms. The van der Waals surface area contributed by atoms with Gasteiger partial charge in [-0.05, 0) is 12.8 Å². The van der Waals surface area contributed by atoms with Crippen molar-refractivity contribution in [3.05, 3.63) is 0 Å². The van der Waals surface area contributed by atoms with Crippen LogP contribution in [0.25, 0.3) is 0 Å². The van der Waals surface area contributed by atoms with Crippen LogP contribution in [0.3, 0.4) is 0 Å². The Hall–Kier alpha value is -0.530. The molecule has 0 aliphatic carbocycles. The molecular weight excluding hydrogens is 416 g/mol. The van der Waals surface area contributed by atoms with Crippen LogP contribution in [0.4, 0.5) is 0 Å². The molecule has 0 aromatic heterocycles. The molecule has 1 unspecified atom stereocenters. The van der Waals surface area contributed by atoms with E-state index in [2.05, 4.69) is 13.8 Å². The van der Waals surface area contributed by atoms with Crippen LogP contribution in [-0.2, 0) is 4.79 Å². The number of carboxylic acids is 1. The summed E-state index contributed by atoms with van der Waals surface area (Å²) in [5.74, 6) is -0.679. The summed E-state index contributed by atoms with van der Waals surface area (Å²) >= 11 is 0. The van der Waals surface area contributed by atoms with E-state index in [1.165, 1.54) is 148 Å². The second kappa shape index (κ2) is 28.7. The summed E-state index contributed by atoms with van der Waals surface area (Å²) < 4.78 is 0. The Morgan fingerprint density at radius 3 is 0.912 bits per heavy atom. The first-order valence-corrected chi connectivity index (χ1v) is 15.9. The number of hydrogen-bond acceptors (Lipinski definition) is 1. The minimum absolute atomic E-state index is 0.0975. The van der Waals surface area contributed by atoms with Gasteiger partial charge in [-0.1, -0.05) is 181 Å². The molecule has 1 N–H and O–H groups in total. The minimum Gasteiger partial charge on any atom is -0.481 e. The summed E-state index contributed by atoms with van der Waals surface area (Å²) in [7, 11) is 0. The van der Waals surface area contributed by atoms with Crippen LogP contribution in [0.1, 0.15) is 194 Å². The summed E-state index contributed by atoms with van der Waals surface area (Å²) in [6.07, 6.45) is 37.7. The number of aliphatic carboxylic acids is 1. The number of rotatable bonds is 29. The van der Waals surface area contributed by atoms with Crippen molar-refractivity contribution in [2.75, 3.05) is 0 Å². The van der Waals surface area contributed by atoms with Crippen molar-refractivity contribution in [2.45, 2.75) is 194 Å². The summed E-state index contributed by atoms with van der Waals surface area (Å²) in [6.45, 7) is 4.43. The third-order valence-electron chi connectivity index (χ3n) is 7.66. The van der Waals surface area contributed by atoms with Gasteiger partial charge in [0.25, 0.3) is 0 Å². The predicted octanol–water partition coefficient (Wildman–Crippen LogP) is 11.6. The summed E-state index contributed by atoms with van der Waals surface area (Å²) in [5.41, 5.74) is 0. The molecule has 34 heavy (non-hydrogen) atoms. The van der Waals surface area contributed by atoms with Gasteiger partial charge < -0.3 is 5.11 Å². The first-order chi connectivity index (χ1) is 16.7. The van der Waals surface area contributed by atoms with Gasteiger partial charge >= 0.3 is 5.97 Å². The Morgan fingerprint density at radius 1 is 0.412 bits per heavy atom. The average Bonchev–Trinajstić information content (AvgIpc) is 2.83. The van der Waals surface area contributed by atoms with E-state index in [0.717, 1.165) is 32.1 Å². The molecule has 1 atom stereocenters. The van der Waals surface area contributed by atoms with Crippen molar-refractivity contribution in [2.24, 2.45) is 5.92 Å². The van der Waals surface area contributed by atoms with Gasteiger partial charge in [-0.2, -0.15) is 0 Å². The van der Waals surface area contributed by atoms with E-state index in [1.807, 2.05) is 0 Å². The first-order valence-electron chi connectivity index (χ1n) is 15.9. The van der Waals surface area contributed by atoms with Crippen LogP contribution in [-0.4, -0.2) is 11.1 Å². The summed E-state index contributed by atoms with van der Waals surface area (Å²) in [4.78, 5) is 11.3. The van der Waals surface area contributed by atoms with Gasteiger partial charge in [0.2, 0.25) is 0 Å². The van der Waals surface area contributed by atoms with Gasteiger partial charge in [-0.3, -0.25) is 4.79 Å². The summed E-state index contributed by atoms with van der Waals surface area (Å²) in [6, 6.07) is 0. The van der Waals surface area contributed by atoms with E-state index < -0.39 is 5.97 Å². The molecule has 0 rings (SSSR count). The second-order valence-corrected chi connectivity index (χ2v) is 11.1. The molecule has 0 bridgehead atoms. The maximum Gasteiger partial charge on any atom is 0.306 e. The van der Waals surface area contributed by atoms with Crippen molar-refractivity contribution in [3.63, 3.8) is 0 Å². The smallest absolute Gasteiger partial charge is 0.306 e. The topological polar surface area (TPSA) is 37.3 Å². The van der Waals surface area contributed by atoms with Crippen LogP contribution >= 0.6 is 0 Å². The molecular formula is C32H64O2. The fourth-order valence-electron chi connectivity index (χ4n) is 5.19. The fraction of sp³-hybridized carbons (Fsp3) is 0.969. The van der Waals surface area contributed by atoms with Crippen LogP contribution < -0.4 is 0 Å². The molecule has 0 heterocycles. The van der Waals surface area contributed by atoms with Gasteiger partial charge in [0, 0.05) is 0 Å². The molecule has 0 amide bonds. The van der Waals surface area contributed by atoms with Crippen molar-refractivity contribution in [1.82, 2.24) is 0 Å². The van der Waals surface area contributed by atoms with E-state index in [1.54, 1.807) is 0 Å². The zero-order valence-electron chi connectivity index (χ0n) is 23.7. The van der Waals surface area contributed by atoms with Crippen LogP contribution in [0, 0.1) is 5.92 Å². The standard InChI is InChI=1S/C32H64O2/c1-3-5-7-8-9-10-11-12-13-14-15-16-17-18-19-20-21-22-23-24-25-26-27-28-30-31(32(33)34)29-6-4-2/h31H,3-30H2,1-2H3,(H,33,34). The van der Waals surface area contributed by atoms with Gasteiger partial charge in [0.15, 0.2) is 0 Å². The number of carbonyl (C=O) groups is 1. The largest absolute Gasteiger partial charge is 0.481 e. The fourth-order valence-corrected chi connectivity index (χ4v) is 5.19. The highest BCUT2D eigenvalue weighted by Gasteiger charge is 2.15. The van der Waals surface area contributed by atoms with Gasteiger partial charge in [-0.25, -0.2) is 0 Å². The monoisotopic (exact) mass is 480 g/mol. The Bertz CT molecular complexity index is 392. The average molecular weight is 481 g/mol. The quantitative estimate of drug-likeness (QED) is 0.108. The third-order valence-corrected chi connectivity index (χ3v) is 7.66. The van der Waals surface area contributed by atoms with E-state index in [-0.39, 0.29) is 5.92 Å². The molecule has 0 saturated heterocycles. The maximum absolute atomic E-state index is 11.3. The van der Waals surface area contributed by atoms with Crippen molar-refractivity contribution < 1.29 is 9.90 Å². The van der Waals surface area contributed by atoms with Crippen LogP contribution in [0.2, 0.25) is 0 Å². The Balaban J connectivity index is 3.16. The lowest BCUT2D eigenvalue weighted by atomic mass is 9.95. The third kappa shape index (κ3) is 26.1. The SMILES string of the molecule is CCCCCCCCCCCCCCCCCCCCCCCCCCC(CCCC)C(=O)O. The lowest BCUT2D eigenvalue weighted by molar-refractivity contribution is -0.142. The highest BCUT2D eigenvalue weighted by Crippen LogP contribution is 2.19. The van der Waals surface area contributed by atoms with E-state index >= 15 is 0 Å². The van der Waals surface area contributed by atoms with Crippen LogP contribution in [0.15, 0.2) is 0 Å². The number of hydrogen-bond donors (Lipinski definition) is 1. The zero-order chi connectivity index (χ0) is 25.0. The molecule has 0 aliphatic heterocycles. The summed E-state index contributed by atoms with van der Waals surface area (Å²) in [5, 5.41) is 9.28. The molecule has 0 fully saturated rings. The molecule has 0 aliphatic rings. The maximum atomic E-state index is 11.3. The molecule has 0 saturated carbocycles. The lowest BCUT2D eigenvalue weighted by Gasteiger charge is -2.11. The molecule has 0 aromatic rings. The molecule has 0 spiro atoms. The highest BCUT2D eigenvalue weighted by atomic mass is 16.4. The lowest BCUT2D eigenvalue weighted by Crippen LogP contribution is -2.13.